The monoisotopic (exact) mass is 638 g/mol. The zero-order chi connectivity index (χ0) is 30.9. The molecule has 45 heavy (non-hydrogen) atoms. The van der Waals surface area contributed by atoms with Crippen molar-refractivity contribution in [3.05, 3.63) is 116 Å². The predicted octanol–water partition coefficient (Wildman–Crippen LogP) is 6.63. The van der Waals surface area contributed by atoms with Crippen LogP contribution in [0, 0.1) is 0 Å². The summed E-state index contributed by atoms with van der Waals surface area (Å²) in [5.74, 6) is 0.502. The fourth-order valence-corrected chi connectivity index (χ4v) is 8.51. The van der Waals surface area contributed by atoms with E-state index < -0.39 is 0 Å². The average Bonchev–Trinajstić information content (AvgIpc) is 3.90. The van der Waals surface area contributed by atoms with Gasteiger partial charge in [-0.05, 0) is 92.0 Å². The van der Waals surface area contributed by atoms with E-state index in [4.69, 9.17) is 4.74 Å². The molecular weight excluding hydrogens is 605 g/mol. The van der Waals surface area contributed by atoms with Gasteiger partial charge in [0.25, 0.3) is 0 Å². The van der Waals surface area contributed by atoms with E-state index in [0.29, 0.717) is 28.2 Å². The summed E-state index contributed by atoms with van der Waals surface area (Å²) in [7, 11) is 0. The number of carbonyl (C=O) groups excluding carboxylic acids is 2. The van der Waals surface area contributed by atoms with Gasteiger partial charge in [-0.25, -0.2) is 0 Å². The SMILES string of the molecule is O=C1C(=C2C=C(/C=C/c3ccc(N4CCC[C@H]4CO)s3)OC(/C=C/c3ccc(N4CCC[C@H]4CO)s3)=C2)C(=O)c2ccccc21. The Kier molecular flexibility index (Phi) is 8.42. The molecule has 0 unspecified atom stereocenters. The fourth-order valence-electron chi connectivity index (χ4n) is 6.50. The molecule has 3 aliphatic heterocycles. The Morgan fingerprint density at radius 2 is 1.20 bits per heavy atom. The molecule has 1 aliphatic carbocycles. The first-order valence-electron chi connectivity index (χ1n) is 15.4. The minimum atomic E-state index is -0.273. The van der Waals surface area contributed by atoms with E-state index in [0.717, 1.165) is 58.5 Å². The van der Waals surface area contributed by atoms with E-state index in [1.807, 2.05) is 24.3 Å². The number of aliphatic hydroxyl groups excluding tert-OH is 2. The molecule has 2 atom stereocenters. The molecule has 0 radical (unpaired) electrons. The van der Waals surface area contributed by atoms with Crippen LogP contribution in [0.4, 0.5) is 10.0 Å². The van der Waals surface area contributed by atoms with Gasteiger partial charge in [0.05, 0.1) is 40.9 Å². The number of thiophene rings is 2. The van der Waals surface area contributed by atoms with Gasteiger partial charge in [0.1, 0.15) is 11.5 Å². The van der Waals surface area contributed by atoms with Crippen LogP contribution >= 0.6 is 22.7 Å². The summed E-state index contributed by atoms with van der Waals surface area (Å²) in [6.07, 6.45) is 15.3. The number of ketones is 2. The molecule has 1 aromatic carbocycles. The van der Waals surface area contributed by atoms with Crippen molar-refractivity contribution in [2.75, 3.05) is 36.1 Å². The topological polar surface area (TPSA) is 90.3 Å². The van der Waals surface area contributed by atoms with Crippen LogP contribution in [-0.2, 0) is 4.74 Å². The van der Waals surface area contributed by atoms with Gasteiger partial charge in [0.2, 0.25) is 0 Å². The van der Waals surface area contributed by atoms with E-state index in [9.17, 15) is 19.8 Å². The van der Waals surface area contributed by atoms with Gasteiger partial charge in [0.15, 0.2) is 11.6 Å². The molecule has 3 aromatic rings. The molecule has 7 rings (SSSR count). The van der Waals surface area contributed by atoms with Crippen molar-refractivity contribution in [3.8, 4) is 0 Å². The minimum absolute atomic E-state index is 0.152. The van der Waals surface area contributed by atoms with Gasteiger partial charge in [0, 0.05) is 34.0 Å². The highest BCUT2D eigenvalue weighted by Gasteiger charge is 2.35. The molecule has 2 aromatic heterocycles. The summed E-state index contributed by atoms with van der Waals surface area (Å²) in [6.45, 7) is 2.19. The number of hydrogen-bond acceptors (Lipinski definition) is 9. The molecule has 5 heterocycles. The van der Waals surface area contributed by atoms with E-state index in [2.05, 4.69) is 34.1 Å². The van der Waals surface area contributed by atoms with Crippen LogP contribution in [-0.4, -0.2) is 60.2 Å². The highest BCUT2D eigenvalue weighted by Crippen LogP contribution is 2.36. The number of hydrogen-bond donors (Lipinski definition) is 2. The molecule has 2 N–H and O–H groups in total. The summed E-state index contributed by atoms with van der Waals surface area (Å²) in [4.78, 5) is 33.4. The summed E-state index contributed by atoms with van der Waals surface area (Å²) in [6, 6.07) is 15.6. The summed E-state index contributed by atoms with van der Waals surface area (Å²) in [5.41, 5.74) is 1.53. The van der Waals surface area contributed by atoms with Gasteiger partial charge in [-0.1, -0.05) is 24.3 Å². The third kappa shape index (κ3) is 5.89. The van der Waals surface area contributed by atoms with Crippen molar-refractivity contribution < 1.29 is 24.5 Å². The fraction of sp³-hybridized carbons (Fsp3) is 0.278. The average molecular weight is 639 g/mol. The van der Waals surface area contributed by atoms with Crippen molar-refractivity contribution in [1.82, 2.24) is 0 Å². The molecular formula is C36H34N2O5S2. The number of carbonyl (C=O) groups is 2. The number of ether oxygens (including phenoxy) is 1. The zero-order valence-electron chi connectivity index (χ0n) is 24.7. The molecule has 4 aliphatic rings. The highest BCUT2D eigenvalue weighted by molar-refractivity contribution is 7.17. The van der Waals surface area contributed by atoms with Crippen LogP contribution < -0.4 is 9.80 Å². The van der Waals surface area contributed by atoms with Crippen LogP contribution in [0.2, 0.25) is 0 Å². The molecule has 2 saturated heterocycles. The van der Waals surface area contributed by atoms with Crippen LogP contribution in [0.3, 0.4) is 0 Å². The Hall–Kier alpha value is -4.02. The summed E-state index contributed by atoms with van der Waals surface area (Å²) < 4.78 is 6.26. The molecule has 2 fully saturated rings. The molecule has 9 heteroatoms. The third-order valence-corrected chi connectivity index (χ3v) is 11.0. The number of fused-ring (bicyclic) bond motifs is 1. The summed E-state index contributed by atoms with van der Waals surface area (Å²) in [5, 5.41) is 21.8. The Morgan fingerprint density at radius 3 is 1.67 bits per heavy atom. The van der Waals surface area contributed by atoms with Crippen molar-refractivity contribution >= 4 is 56.4 Å². The first-order valence-corrected chi connectivity index (χ1v) is 17.0. The first kappa shape index (κ1) is 29.7. The largest absolute Gasteiger partial charge is 0.457 e. The Bertz CT molecular complexity index is 1670. The first-order chi connectivity index (χ1) is 22.0. The predicted molar refractivity (Wildman–Crippen MR) is 181 cm³/mol. The zero-order valence-corrected chi connectivity index (χ0v) is 26.4. The Morgan fingerprint density at radius 1 is 0.711 bits per heavy atom. The number of nitrogens with zero attached hydrogens (tertiary/aromatic N) is 2. The van der Waals surface area contributed by atoms with Gasteiger partial charge in [-0.15, -0.1) is 22.7 Å². The maximum atomic E-state index is 13.4. The lowest BCUT2D eigenvalue weighted by atomic mass is 10.0. The van der Waals surface area contributed by atoms with Crippen molar-refractivity contribution in [3.63, 3.8) is 0 Å². The lowest BCUT2D eigenvalue weighted by molar-refractivity contribution is 0.0987. The van der Waals surface area contributed by atoms with E-state index in [1.165, 1.54) is 0 Å². The van der Waals surface area contributed by atoms with E-state index in [1.54, 1.807) is 59.1 Å². The molecule has 0 bridgehead atoms. The van der Waals surface area contributed by atoms with E-state index >= 15 is 0 Å². The quantitative estimate of drug-likeness (QED) is 0.211. The minimum Gasteiger partial charge on any atom is -0.457 e. The van der Waals surface area contributed by atoms with Crippen molar-refractivity contribution in [2.45, 2.75) is 37.8 Å². The normalized spacial score (nSPS) is 21.8. The van der Waals surface area contributed by atoms with Crippen LogP contribution in [0.5, 0.6) is 0 Å². The Labute approximate surface area is 270 Å². The van der Waals surface area contributed by atoms with E-state index in [-0.39, 0.29) is 42.4 Å². The number of benzene rings is 1. The highest BCUT2D eigenvalue weighted by atomic mass is 32.1. The summed E-state index contributed by atoms with van der Waals surface area (Å²) >= 11 is 3.31. The van der Waals surface area contributed by atoms with Gasteiger partial charge in [-0.2, -0.15) is 0 Å². The van der Waals surface area contributed by atoms with Gasteiger partial charge in [-0.3, -0.25) is 9.59 Å². The maximum Gasteiger partial charge on any atom is 0.198 e. The number of rotatable bonds is 8. The number of anilines is 2. The van der Waals surface area contributed by atoms with Gasteiger partial charge >= 0.3 is 0 Å². The molecule has 0 saturated carbocycles. The van der Waals surface area contributed by atoms with Crippen LogP contribution in [0.15, 0.2) is 95.5 Å². The number of Topliss-reactive ketones (excluding diaryl/α,β-unsaturated/α-hetero) is 2. The number of allylic oxidation sites excluding steroid dienone is 6. The van der Waals surface area contributed by atoms with Crippen molar-refractivity contribution in [2.24, 2.45) is 0 Å². The Balaban J connectivity index is 1.17. The second kappa shape index (κ2) is 12.8. The molecule has 0 amide bonds. The van der Waals surface area contributed by atoms with Gasteiger partial charge < -0.3 is 24.7 Å². The van der Waals surface area contributed by atoms with Crippen LogP contribution in [0.25, 0.3) is 12.2 Å². The second-order valence-electron chi connectivity index (χ2n) is 11.6. The maximum absolute atomic E-state index is 13.4. The molecule has 7 nitrogen and oxygen atoms in total. The molecule has 230 valence electrons. The lowest BCUT2D eigenvalue weighted by Crippen LogP contribution is -2.31. The standard InChI is InChI=1S/C36H34N2O5S2/c39-21-24-5-3-17-37(24)32-15-13-28(44-32)11-9-26-19-23(34-35(41)30-7-1-2-8-31(30)36(34)42)20-27(43-26)10-12-29-14-16-33(45-29)38-18-4-6-25(38)22-40/h1-2,7-16,19-20,24-25,39-40H,3-6,17-18,21-22H2/b11-9+,12-10+/t24-,25-/m0/s1. The molecule has 0 spiro atoms. The smallest absolute Gasteiger partial charge is 0.198 e. The van der Waals surface area contributed by atoms with Crippen LogP contribution in [0.1, 0.15) is 56.2 Å². The lowest BCUT2D eigenvalue weighted by Gasteiger charge is -2.23. The second-order valence-corrected chi connectivity index (χ2v) is 13.8. The number of aliphatic hydroxyl groups is 2. The van der Waals surface area contributed by atoms with Crippen molar-refractivity contribution in [1.29, 1.82) is 0 Å². The third-order valence-electron chi connectivity index (χ3n) is 8.78.